The fourth-order valence-corrected chi connectivity index (χ4v) is 7.01. The van der Waals surface area contributed by atoms with Crippen LogP contribution in [0.25, 0.3) is 0 Å². The van der Waals surface area contributed by atoms with Crippen LogP contribution in [0.1, 0.15) is 77.2 Å². The number of aliphatic hydroxyl groups excluding tert-OH is 1. The molecule has 1 aromatic rings. The molecule has 0 radical (unpaired) electrons. The summed E-state index contributed by atoms with van der Waals surface area (Å²) in [6, 6.07) is 8.73. The zero-order valence-corrected chi connectivity index (χ0v) is 18.0. The minimum Gasteiger partial charge on any atom is -0.491 e. The Hall–Kier alpha value is -1.06. The number of hydrogen-bond donors (Lipinski definition) is 2. The highest BCUT2D eigenvalue weighted by Crippen LogP contribution is 2.61. The molecule has 5 rings (SSSR count). The van der Waals surface area contributed by atoms with Crippen LogP contribution in [0.2, 0.25) is 0 Å². The maximum Gasteiger partial charge on any atom is 0.122 e. The lowest BCUT2D eigenvalue weighted by Crippen LogP contribution is -2.56. The number of para-hydroxylation sites is 1. The van der Waals surface area contributed by atoms with Gasteiger partial charge in [-0.2, -0.15) is 0 Å². The van der Waals surface area contributed by atoms with Crippen LogP contribution in [0.4, 0.5) is 0 Å². The van der Waals surface area contributed by atoms with E-state index in [1.807, 2.05) is 12.1 Å². The van der Waals surface area contributed by atoms with Gasteiger partial charge in [0, 0.05) is 12.6 Å². The zero-order chi connectivity index (χ0) is 19.7. The number of ether oxygens (including phenoxy) is 1. The van der Waals surface area contributed by atoms with E-state index in [1.165, 1.54) is 44.1 Å². The molecule has 4 aliphatic carbocycles. The maximum atomic E-state index is 10.6. The third-order valence-electron chi connectivity index (χ3n) is 7.81. The highest BCUT2D eigenvalue weighted by Gasteiger charge is 2.53. The molecule has 3 heteroatoms. The Bertz CT molecular complexity index is 620. The Balaban J connectivity index is 1.31. The van der Waals surface area contributed by atoms with Gasteiger partial charge in [0.05, 0.1) is 0 Å². The van der Waals surface area contributed by atoms with E-state index in [4.69, 9.17) is 4.74 Å². The molecular weight excluding hydrogens is 346 g/mol. The second-order valence-corrected chi connectivity index (χ2v) is 10.3. The summed E-state index contributed by atoms with van der Waals surface area (Å²) < 4.78 is 5.99. The number of benzene rings is 1. The van der Waals surface area contributed by atoms with Crippen molar-refractivity contribution in [2.45, 2.75) is 83.8 Å². The molecule has 156 valence electrons. The summed E-state index contributed by atoms with van der Waals surface area (Å²) in [6.45, 7) is 7.66. The van der Waals surface area contributed by atoms with Crippen LogP contribution in [0, 0.1) is 23.2 Å². The maximum absolute atomic E-state index is 10.6. The van der Waals surface area contributed by atoms with Crippen LogP contribution < -0.4 is 10.1 Å². The van der Waals surface area contributed by atoms with Gasteiger partial charge >= 0.3 is 0 Å². The second-order valence-electron chi connectivity index (χ2n) is 10.3. The van der Waals surface area contributed by atoms with E-state index in [9.17, 15) is 5.11 Å². The lowest BCUT2D eigenvalue weighted by atomic mass is 9.47. The van der Waals surface area contributed by atoms with E-state index in [0.717, 1.165) is 29.9 Å². The fraction of sp³-hybridized carbons (Fsp3) is 0.760. The van der Waals surface area contributed by atoms with Crippen LogP contribution in [-0.2, 0) is 0 Å². The van der Waals surface area contributed by atoms with E-state index in [1.54, 1.807) is 0 Å². The highest BCUT2D eigenvalue weighted by atomic mass is 16.5. The molecule has 0 aliphatic heterocycles. The zero-order valence-electron chi connectivity index (χ0n) is 18.0. The van der Waals surface area contributed by atoms with Crippen molar-refractivity contribution in [2.75, 3.05) is 13.2 Å². The topological polar surface area (TPSA) is 41.5 Å². The van der Waals surface area contributed by atoms with Crippen LogP contribution >= 0.6 is 0 Å². The monoisotopic (exact) mass is 385 g/mol. The molecule has 4 bridgehead atoms. The summed E-state index contributed by atoms with van der Waals surface area (Å²) in [7, 11) is 0. The molecular formula is C25H39NO2. The molecule has 4 fully saturated rings. The van der Waals surface area contributed by atoms with Crippen molar-refractivity contribution in [3.63, 3.8) is 0 Å². The average Bonchev–Trinajstić information content (AvgIpc) is 2.65. The van der Waals surface area contributed by atoms with Gasteiger partial charge < -0.3 is 15.2 Å². The van der Waals surface area contributed by atoms with Crippen molar-refractivity contribution in [1.82, 2.24) is 5.32 Å². The summed E-state index contributed by atoms with van der Waals surface area (Å²) >= 11 is 0. The van der Waals surface area contributed by atoms with Gasteiger partial charge in [-0.3, -0.25) is 0 Å². The molecule has 2 atom stereocenters. The Morgan fingerprint density at radius 2 is 1.68 bits per heavy atom. The number of rotatable bonds is 9. The number of aliphatic hydroxyl groups is 1. The molecule has 0 unspecified atom stereocenters. The van der Waals surface area contributed by atoms with Gasteiger partial charge in [0.1, 0.15) is 18.5 Å². The van der Waals surface area contributed by atoms with Gasteiger partial charge in [-0.15, -0.1) is 0 Å². The third-order valence-corrected chi connectivity index (χ3v) is 7.81. The van der Waals surface area contributed by atoms with Crippen molar-refractivity contribution in [3.8, 4) is 5.75 Å². The van der Waals surface area contributed by atoms with Crippen molar-refractivity contribution in [3.05, 3.63) is 29.8 Å². The standard InChI is InChI=1S/C25H39NO2/c1-4-24(25-12-18-9-19(13-25)11-20(10-18)14-25)26-15-21(27)16-28-23-8-6-5-7-22(23)17(2)3/h5-8,17-21,24,26-27H,4,9-16H2,1-3H3/t18?,19?,20?,21-,24+,25?/m0/s1. The van der Waals surface area contributed by atoms with Crippen LogP contribution in [0.3, 0.4) is 0 Å². The van der Waals surface area contributed by atoms with Gasteiger partial charge in [0.15, 0.2) is 0 Å². The fourth-order valence-electron chi connectivity index (χ4n) is 7.01. The highest BCUT2D eigenvalue weighted by molar-refractivity contribution is 5.35. The van der Waals surface area contributed by atoms with Gasteiger partial charge in [-0.25, -0.2) is 0 Å². The van der Waals surface area contributed by atoms with Crippen LogP contribution in [0.15, 0.2) is 24.3 Å². The van der Waals surface area contributed by atoms with E-state index < -0.39 is 6.10 Å². The second kappa shape index (κ2) is 8.36. The van der Waals surface area contributed by atoms with Crippen LogP contribution in [-0.4, -0.2) is 30.4 Å². The van der Waals surface area contributed by atoms with E-state index >= 15 is 0 Å². The first kappa shape index (κ1) is 20.2. The largest absolute Gasteiger partial charge is 0.491 e. The Morgan fingerprint density at radius 1 is 1.07 bits per heavy atom. The molecule has 1 aromatic carbocycles. The predicted octanol–water partition coefficient (Wildman–Crippen LogP) is 5.13. The van der Waals surface area contributed by atoms with Gasteiger partial charge in [-0.1, -0.05) is 39.0 Å². The predicted molar refractivity (Wildman–Crippen MR) is 115 cm³/mol. The van der Waals surface area contributed by atoms with Gasteiger partial charge in [0.25, 0.3) is 0 Å². The molecule has 4 saturated carbocycles. The normalized spacial score (nSPS) is 33.2. The molecule has 0 spiro atoms. The summed E-state index contributed by atoms with van der Waals surface area (Å²) in [5.41, 5.74) is 1.71. The van der Waals surface area contributed by atoms with Gasteiger partial charge in [0.2, 0.25) is 0 Å². The summed E-state index contributed by atoms with van der Waals surface area (Å²) in [5.74, 6) is 4.25. The minimum atomic E-state index is -0.469. The lowest BCUT2D eigenvalue weighted by molar-refractivity contribution is -0.0760. The summed E-state index contributed by atoms with van der Waals surface area (Å²) in [4.78, 5) is 0. The minimum absolute atomic E-state index is 0.355. The number of hydrogen-bond acceptors (Lipinski definition) is 3. The van der Waals surface area contributed by atoms with Crippen molar-refractivity contribution in [2.24, 2.45) is 23.2 Å². The molecule has 0 amide bonds. The van der Waals surface area contributed by atoms with E-state index in [-0.39, 0.29) is 0 Å². The van der Waals surface area contributed by atoms with Crippen molar-refractivity contribution < 1.29 is 9.84 Å². The Morgan fingerprint density at radius 3 is 2.25 bits per heavy atom. The Kier molecular flexibility index (Phi) is 6.04. The SMILES string of the molecule is CC[C@@H](NC[C@H](O)COc1ccccc1C(C)C)C12CC3CC(CC(C3)C1)C2. The first-order valence-electron chi connectivity index (χ1n) is 11.6. The van der Waals surface area contributed by atoms with Gasteiger partial charge in [-0.05, 0) is 85.7 Å². The summed E-state index contributed by atoms with van der Waals surface area (Å²) in [5, 5.41) is 14.3. The quantitative estimate of drug-likeness (QED) is 0.619. The Labute approximate surface area is 171 Å². The van der Waals surface area contributed by atoms with E-state index in [0.29, 0.717) is 30.5 Å². The molecule has 0 saturated heterocycles. The van der Waals surface area contributed by atoms with E-state index in [2.05, 4.69) is 38.2 Å². The van der Waals surface area contributed by atoms with Crippen LogP contribution in [0.5, 0.6) is 5.75 Å². The first-order valence-corrected chi connectivity index (χ1v) is 11.6. The number of nitrogens with one attached hydrogen (secondary N) is 1. The van der Waals surface area contributed by atoms with Crippen molar-refractivity contribution in [1.29, 1.82) is 0 Å². The molecule has 2 N–H and O–H groups in total. The molecule has 0 heterocycles. The molecule has 3 nitrogen and oxygen atoms in total. The van der Waals surface area contributed by atoms with Crippen molar-refractivity contribution >= 4 is 0 Å². The molecule has 4 aliphatic rings. The third kappa shape index (κ3) is 4.11. The smallest absolute Gasteiger partial charge is 0.122 e. The molecule has 0 aromatic heterocycles. The first-order chi connectivity index (χ1) is 13.5. The summed E-state index contributed by atoms with van der Waals surface area (Å²) in [6.07, 6.45) is 9.40. The molecule has 28 heavy (non-hydrogen) atoms. The average molecular weight is 386 g/mol. The lowest BCUT2D eigenvalue weighted by Gasteiger charge is -2.59.